The van der Waals surface area contributed by atoms with Gasteiger partial charge in [-0.1, -0.05) is 31.4 Å². The van der Waals surface area contributed by atoms with Crippen LogP contribution in [0.15, 0.2) is 24.4 Å². The van der Waals surface area contributed by atoms with Crippen LogP contribution in [-0.2, 0) is 25.8 Å². The second kappa shape index (κ2) is 20.7. The van der Waals surface area contributed by atoms with Gasteiger partial charge in [-0.05, 0) is 0 Å². The molecule has 2 rings (SSSR count). The van der Waals surface area contributed by atoms with E-state index in [1.807, 2.05) is 18.2 Å². The van der Waals surface area contributed by atoms with E-state index in [9.17, 15) is 0 Å². The van der Waals surface area contributed by atoms with Crippen LogP contribution >= 0.6 is 20.3 Å². The summed E-state index contributed by atoms with van der Waals surface area (Å²) in [5.74, 6) is 0. The van der Waals surface area contributed by atoms with Gasteiger partial charge in [0.15, 0.2) is 0 Å². The Labute approximate surface area is 139 Å². The van der Waals surface area contributed by atoms with Gasteiger partial charge in [0.25, 0.3) is 0 Å². The quantitative estimate of drug-likeness (QED) is 0.564. The van der Waals surface area contributed by atoms with Crippen molar-refractivity contribution < 1.29 is 46.1 Å². The van der Waals surface area contributed by atoms with Gasteiger partial charge in [0.2, 0.25) is 0 Å². The molecule has 0 bridgehead atoms. The van der Waals surface area contributed by atoms with E-state index in [0.717, 1.165) is 19.6 Å². The number of allylic oxidation sites excluding steroid dienone is 2. The molecule has 0 atom stereocenters. The molecule has 0 amide bonds. The molecule has 0 aliphatic carbocycles. The Bertz CT molecular complexity index is 174. The molecular formula is C10H18Cl4Co2N2+. The van der Waals surface area contributed by atoms with E-state index in [2.05, 4.69) is 55.9 Å². The molecule has 0 radical (unpaired) electrons. The van der Waals surface area contributed by atoms with Gasteiger partial charge in [0, 0.05) is 0 Å². The minimum absolute atomic E-state index is 0.858. The minimum atomic E-state index is -0.965. The fourth-order valence-electron chi connectivity index (χ4n) is 1.11. The number of rotatable bonds is 0. The van der Waals surface area contributed by atoms with E-state index < -0.39 is 10.9 Å². The second-order valence-corrected chi connectivity index (χ2v) is 8.75. The van der Waals surface area contributed by atoms with Crippen LogP contribution in [-0.4, -0.2) is 19.6 Å². The molecule has 8 heteroatoms. The fraction of sp³-hybridized carbons (Fsp3) is 0.600. The van der Waals surface area contributed by atoms with Crippen LogP contribution < -0.4 is 0 Å². The van der Waals surface area contributed by atoms with Crippen LogP contribution in [0.2, 0.25) is 0 Å². The van der Waals surface area contributed by atoms with Crippen molar-refractivity contribution in [1.82, 2.24) is 0 Å². The van der Waals surface area contributed by atoms with Crippen molar-refractivity contribution >= 4 is 20.3 Å². The number of hydrogen-bond donors (Lipinski definition) is 0. The van der Waals surface area contributed by atoms with Gasteiger partial charge in [-0.3, -0.25) is 0 Å². The third-order valence-electron chi connectivity index (χ3n) is 1.78. The van der Waals surface area contributed by atoms with Crippen LogP contribution in [0.3, 0.4) is 0 Å². The average Bonchev–Trinajstić information content (AvgIpc) is 2.45. The van der Waals surface area contributed by atoms with E-state index in [4.69, 9.17) is 10.1 Å². The van der Waals surface area contributed by atoms with Crippen molar-refractivity contribution in [2.45, 2.75) is 19.3 Å². The summed E-state index contributed by atoms with van der Waals surface area (Å²) >= 11 is 3.03. The Hall–Kier alpha value is 1.41. The number of piperidine rings is 1. The zero-order chi connectivity index (χ0) is 14.1. The van der Waals surface area contributed by atoms with E-state index >= 15 is 0 Å². The molecule has 0 aromatic rings. The first-order valence-electron chi connectivity index (χ1n) is 5.14. The molecule has 0 unspecified atom stereocenters. The zero-order valence-electron chi connectivity index (χ0n) is 9.69. The topological polar surface area (TPSA) is 28.2 Å². The summed E-state index contributed by atoms with van der Waals surface area (Å²) in [5, 5.41) is 8.09. The average molecular weight is 426 g/mol. The summed E-state index contributed by atoms with van der Waals surface area (Å²) in [5.41, 5.74) is 0. The van der Waals surface area contributed by atoms with Gasteiger partial charge in [-0.25, -0.2) is 0 Å². The summed E-state index contributed by atoms with van der Waals surface area (Å²) in [6, 6.07) is 0. The van der Waals surface area contributed by atoms with Gasteiger partial charge in [0.05, 0.1) is 0 Å². The maximum atomic E-state index is 4.97. The summed E-state index contributed by atoms with van der Waals surface area (Å²) in [7, 11) is 16.9. The SMILES string of the molecule is C1=CC[N-]C=C1.C1CC[N-]CC1.[Cl][Co+].[Cl][Co]([ClH+])[ClH+]. The first-order valence-corrected chi connectivity index (χ1v) is 11.1. The molecule has 0 aromatic carbocycles. The molecule has 0 spiro atoms. The number of hydrogen-bond acceptors (Lipinski definition) is 0. The molecule has 0 N–H and O–H groups in total. The molecule has 0 aromatic heterocycles. The van der Waals surface area contributed by atoms with E-state index in [1.165, 1.54) is 19.3 Å². The van der Waals surface area contributed by atoms with Crippen molar-refractivity contribution in [3.05, 3.63) is 35.1 Å². The first-order chi connectivity index (χ1) is 8.73. The molecular weight excluding hydrogens is 408 g/mol. The Morgan fingerprint density at radius 3 is 1.72 bits per heavy atom. The van der Waals surface area contributed by atoms with Crippen LogP contribution in [0, 0.1) is 20.3 Å². The van der Waals surface area contributed by atoms with Gasteiger partial charge in [0.1, 0.15) is 0 Å². The molecule has 2 nitrogen and oxygen atoms in total. The zero-order valence-corrected chi connectivity index (χ0v) is 14.9. The molecule has 18 heavy (non-hydrogen) atoms. The van der Waals surface area contributed by atoms with Crippen molar-refractivity contribution in [2.75, 3.05) is 19.6 Å². The predicted molar refractivity (Wildman–Crippen MR) is 67.9 cm³/mol. The third kappa shape index (κ3) is 26.1. The van der Waals surface area contributed by atoms with Gasteiger partial charge < -0.3 is 10.6 Å². The van der Waals surface area contributed by atoms with Crippen LogP contribution in [0.4, 0.5) is 0 Å². The standard InChI is InChI=1S/C5H10N.C5H6N.4ClH.2Co/c2*1-2-4-6-5-3-1;;;;;;/h1-5H2;1-4H,5H2;4*1H;;/q2*-1;;;;;+2;+3/p-2. The maximum absolute atomic E-state index is 4.97. The normalized spacial score (nSPS) is 16.6. The molecule has 113 valence electrons. The Balaban J connectivity index is 0. The second-order valence-electron chi connectivity index (χ2n) is 3.02. The van der Waals surface area contributed by atoms with Crippen LogP contribution in [0.1, 0.15) is 19.3 Å². The molecule has 0 saturated carbocycles. The van der Waals surface area contributed by atoms with E-state index in [0.29, 0.717) is 0 Å². The van der Waals surface area contributed by atoms with Crippen molar-refractivity contribution in [2.24, 2.45) is 0 Å². The van der Waals surface area contributed by atoms with Gasteiger partial charge in [-0.2, -0.15) is 6.20 Å². The Morgan fingerprint density at radius 2 is 1.61 bits per heavy atom. The van der Waals surface area contributed by atoms with Gasteiger partial charge >= 0.3 is 66.4 Å². The molecule has 2 heterocycles. The third-order valence-corrected chi connectivity index (χ3v) is 1.78. The van der Waals surface area contributed by atoms with Crippen molar-refractivity contribution in [3.8, 4) is 0 Å². The molecule has 1 saturated heterocycles. The number of nitrogens with zero attached hydrogens (tertiary/aromatic N) is 2. The molecule has 2 aliphatic heterocycles. The Morgan fingerprint density at radius 1 is 1.06 bits per heavy atom. The summed E-state index contributed by atoms with van der Waals surface area (Å²) in [6.07, 6.45) is 11.8. The van der Waals surface area contributed by atoms with Crippen molar-refractivity contribution in [1.29, 1.82) is 0 Å². The molecule has 2 aliphatic rings. The number of halogens is 4. The van der Waals surface area contributed by atoms with Gasteiger partial charge in [-0.15, -0.1) is 25.7 Å². The fourth-order valence-corrected chi connectivity index (χ4v) is 1.11. The molecule has 1 fully saturated rings. The first kappa shape index (κ1) is 21.7. The summed E-state index contributed by atoms with van der Waals surface area (Å²) in [6.45, 7) is 3.11. The monoisotopic (exact) mass is 424 g/mol. The van der Waals surface area contributed by atoms with Crippen molar-refractivity contribution in [3.63, 3.8) is 0 Å². The van der Waals surface area contributed by atoms with E-state index in [1.54, 1.807) is 6.20 Å². The Kier molecular flexibility index (Phi) is 25.0. The predicted octanol–water partition coefficient (Wildman–Crippen LogP) is 3.83. The summed E-state index contributed by atoms with van der Waals surface area (Å²) in [4.78, 5) is 0. The van der Waals surface area contributed by atoms with E-state index in [-0.39, 0.29) is 0 Å². The van der Waals surface area contributed by atoms with Crippen LogP contribution in [0.25, 0.3) is 10.6 Å². The van der Waals surface area contributed by atoms with Crippen LogP contribution in [0.5, 0.6) is 0 Å². The summed E-state index contributed by atoms with van der Waals surface area (Å²) < 4.78 is 0.